The van der Waals surface area contributed by atoms with Gasteiger partial charge in [0.1, 0.15) is 4.88 Å². The van der Waals surface area contributed by atoms with E-state index in [-0.39, 0.29) is 11.7 Å². The molecule has 1 heterocycles. The van der Waals surface area contributed by atoms with Crippen LogP contribution in [0.15, 0.2) is 0 Å². The molecule has 4 heteroatoms. The minimum absolute atomic E-state index is 0.233. The van der Waals surface area contributed by atoms with E-state index >= 15 is 0 Å². The molecule has 0 aliphatic rings. The van der Waals surface area contributed by atoms with Crippen molar-refractivity contribution in [3.8, 4) is 0 Å². The van der Waals surface area contributed by atoms with Gasteiger partial charge in [-0.2, -0.15) is 0 Å². The molecule has 1 unspecified atom stereocenters. The van der Waals surface area contributed by atoms with Crippen molar-refractivity contribution in [2.75, 3.05) is 0 Å². The molecule has 102 valence electrons. The van der Waals surface area contributed by atoms with E-state index < -0.39 is 0 Å². The van der Waals surface area contributed by atoms with Crippen molar-refractivity contribution in [1.82, 2.24) is 9.59 Å². The summed E-state index contributed by atoms with van der Waals surface area (Å²) in [5.41, 5.74) is 0.871. The number of hydrogen-bond donors (Lipinski definition) is 0. The van der Waals surface area contributed by atoms with E-state index in [1.165, 1.54) is 24.4 Å². The average molecular weight is 268 g/mol. The Morgan fingerprint density at radius 2 is 2.06 bits per heavy atom. The normalized spacial score (nSPS) is 12.9. The summed E-state index contributed by atoms with van der Waals surface area (Å²) >= 11 is 1.25. The number of Topliss-reactive ketones (excluding diaryl/α,β-unsaturated/α-hetero) is 1. The molecule has 0 bridgehead atoms. The molecule has 0 saturated carbocycles. The summed E-state index contributed by atoms with van der Waals surface area (Å²) in [6, 6.07) is 0. The summed E-state index contributed by atoms with van der Waals surface area (Å²) in [6.45, 7) is 8.48. The van der Waals surface area contributed by atoms with Crippen LogP contribution in [0.25, 0.3) is 0 Å². The number of carbonyl (C=O) groups excluding carboxylic acids is 1. The first kappa shape index (κ1) is 15.3. The first-order chi connectivity index (χ1) is 8.60. The predicted octanol–water partition coefficient (Wildman–Crippen LogP) is 4.45. The Labute approximate surface area is 114 Å². The standard InChI is InChI=1S/C14H24N2OS/c1-5-7-8-11(6-2)9-12(17)14-13(10(3)4)15-16-18-14/h10-11H,5-9H2,1-4H3. The lowest BCUT2D eigenvalue weighted by Gasteiger charge is -2.13. The molecular weight excluding hydrogens is 244 g/mol. The van der Waals surface area contributed by atoms with Crippen molar-refractivity contribution in [2.24, 2.45) is 5.92 Å². The Morgan fingerprint density at radius 1 is 1.33 bits per heavy atom. The van der Waals surface area contributed by atoms with Gasteiger partial charge in [-0.3, -0.25) is 4.79 Å². The summed E-state index contributed by atoms with van der Waals surface area (Å²) in [6.07, 6.45) is 5.30. The van der Waals surface area contributed by atoms with Crippen LogP contribution in [0.3, 0.4) is 0 Å². The minimum Gasteiger partial charge on any atom is -0.293 e. The molecule has 1 aromatic heterocycles. The maximum atomic E-state index is 12.3. The Balaban J connectivity index is 2.66. The second-order valence-electron chi connectivity index (χ2n) is 5.19. The third-order valence-corrected chi connectivity index (χ3v) is 4.11. The Hall–Kier alpha value is -0.770. The summed E-state index contributed by atoms with van der Waals surface area (Å²) < 4.78 is 3.93. The van der Waals surface area contributed by atoms with Crippen LogP contribution in [0.4, 0.5) is 0 Å². The zero-order valence-corrected chi connectivity index (χ0v) is 12.7. The lowest BCUT2D eigenvalue weighted by Crippen LogP contribution is -2.09. The third-order valence-electron chi connectivity index (χ3n) is 3.33. The van der Waals surface area contributed by atoms with E-state index in [2.05, 4.69) is 37.3 Å². The van der Waals surface area contributed by atoms with Crippen molar-refractivity contribution in [3.63, 3.8) is 0 Å². The van der Waals surface area contributed by atoms with Gasteiger partial charge in [0.05, 0.1) is 5.69 Å². The van der Waals surface area contributed by atoms with E-state index in [0.29, 0.717) is 12.3 Å². The third kappa shape index (κ3) is 4.16. The molecule has 1 atom stereocenters. The molecule has 1 rings (SSSR count). The van der Waals surface area contributed by atoms with Crippen LogP contribution in [0.5, 0.6) is 0 Å². The average Bonchev–Trinajstić information content (AvgIpc) is 2.83. The fourth-order valence-corrected chi connectivity index (χ4v) is 2.83. The van der Waals surface area contributed by atoms with Crippen molar-refractivity contribution in [2.45, 2.75) is 65.7 Å². The highest BCUT2D eigenvalue weighted by atomic mass is 32.1. The van der Waals surface area contributed by atoms with Crippen LogP contribution >= 0.6 is 11.5 Å². The summed E-state index contributed by atoms with van der Waals surface area (Å²) in [4.78, 5) is 13.1. The van der Waals surface area contributed by atoms with Gasteiger partial charge in [-0.15, -0.1) is 5.10 Å². The second kappa shape index (κ2) is 7.62. The van der Waals surface area contributed by atoms with Gasteiger partial charge in [0.2, 0.25) is 0 Å². The van der Waals surface area contributed by atoms with Crippen LogP contribution in [-0.4, -0.2) is 15.4 Å². The van der Waals surface area contributed by atoms with E-state index in [1.54, 1.807) is 0 Å². The first-order valence-electron chi connectivity index (χ1n) is 6.95. The number of carbonyl (C=O) groups is 1. The van der Waals surface area contributed by atoms with Crippen molar-refractivity contribution < 1.29 is 4.79 Å². The smallest absolute Gasteiger partial charge is 0.176 e. The largest absolute Gasteiger partial charge is 0.293 e. The topological polar surface area (TPSA) is 42.9 Å². The van der Waals surface area contributed by atoms with Gasteiger partial charge in [0.15, 0.2) is 5.78 Å². The van der Waals surface area contributed by atoms with Gasteiger partial charge in [0, 0.05) is 6.42 Å². The molecule has 1 aromatic rings. The van der Waals surface area contributed by atoms with Crippen LogP contribution in [-0.2, 0) is 0 Å². The fraction of sp³-hybridized carbons (Fsp3) is 0.786. The molecule has 0 N–H and O–H groups in total. The highest BCUT2D eigenvalue weighted by Gasteiger charge is 2.21. The van der Waals surface area contributed by atoms with Gasteiger partial charge >= 0.3 is 0 Å². The van der Waals surface area contributed by atoms with Gasteiger partial charge in [-0.05, 0) is 23.4 Å². The number of rotatable bonds is 8. The van der Waals surface area contributed by atoms with Gasteiger partial charge in [-0.1, -0.05) is 57.9 Å². The number of ketones is 1. The summed E-state index contributed by atoms with van der Waals surface area (Å²) in [7, 11) is 0. The van der Waals surface area contributed by atoms with Crippen LogP contribution in [0.1, 0.15) is 81.1 Å². The van der Waals surface area contributed by atoms with Gasteiger partial charge < -0.3 is 0 Å². The number of unbranched alkanes of at least 4 members (excludes halogenated alkanes) is 1. The van der Waals surface area contributed by atoms with E-state index in [9.17, 15) is 4.79 Å². The molecule has 0 spiro atoms. The number of hydrogen-bond acceptors (Lipinski definition) is 4. The molecule has 0 aliphatic carbocycles. The van der Waals surface area contributed by atoms with E-state index in [4.69, 9.17) is 0 Å². The molecule has 0 radical (unpaired) electrons. The Morgan fingerprint density at radius 3 is 2.61 bits per heavy atom. The Kier molecular flexibility index (Phi) is 6.47. The summed E-state index contributed by atoms with van der Waals surface area (Å²) in [5.74, 6) is 1.02. The van der Waals surface area contributed by atoms with Crippen LogP contribution in [0.2, 0.25) is 0 Å². The van der Waals surface area contributed by atoms with Crippen molar-refractivity contribution in [1.29, 1.82) is 0 Å². The fourth-order valence-electron chi connectivity index (χ4n) is 2.07. The van der Waals surface area contributed by atoms with Crippen molar-refractivity contribution in [3.05, 3.63) is 10.6 Å². The lowest BCUT2D eigenvalue weighted by atomic mass is 9.92. The van der Waals surface area contributed by atoms with Crippen molar-refractivity contribution >= 4 is 17.3 Å². The van der Waals surface area contributed by atoms with Crippen LogP contribution < -0.4 is 0 Å². The quantitative estimate of drug-likeness (QED) is 0.654. The maximum Gasteiger partial charge on any atom is 0.176 e. The molecule has 0 amide bonds. The Bertz CT molecular complexity index is 374. The lowest BCUT2D eigenvalue weighted by molar-refractivity contribution is 0.0959. The number of aromatic nitrogens is 2. The van der Waals surface area contributed by atoms with Gasteiger partial charge in [-0.25, -0.2) is 0 Å². The monoisotopic (exact) mass is 268 g/mol. The molecule has 0 saturated heterocycles. The van der Waals surface area contributed by atoms with E-state index in [1.807, 2.05) is 0 Å². The first-order valence-corrected chi connectivity index (χ1v) is 7.72. The predicted molar refractivity (Wildman–Crippen MR) is 76.3 cm³/mol. The minimum atomic E-state index is 0.233. The number of nitrogens with zero attached hydrogens (tertiary/aromatic N) is 2. The highest BCUT2D eigenvalue weighted by molar-refractivity contribution is 7.08. The molecular formula is C14H24N2OS. The summed E-state index contributed by atoms with van der Waals surface area (Å²) in [5, 5.41) is 4.08. The van der Waals surface area contributed by atoms with E-state index in [0.717, 1.165) is 23.4 Å². The highest BCUT2D eigenvalue weighted by Crippen LogP contribution is 2.25. The molecule has 0 aliphatic heterocycles. The molecule has 3 nitrogen and oxygen atoms in total. The zero-order chi connectivity index (χ0) is 13.5. The molecule has 0 fully saturated rings. The van der Waals surface area contributed by atoms with Gasteiger partial charge in [0.25, 0.3) is 0 Å². The molecule has 0 aromatic carbocycles. The second-order valence-corrected chi connectivity index (χ2v) is 5.94. The SMILES string of the molecule is CCCCC(CC)CC(=O)c1snnc1C(C)C. The molecule has 18 heavy (non-hydrogen) atoms. The maximum absolute atomic E-state index is 12.3. The zero-order valence-electron chi connectivity index (χ0n) is 11.9. The van der Waals surface area contributed by atoms with Crippen LogP contribution in [0, 0.1) is 5.92 Å².